The summed E-state index contributed by atoms with van der Waals surface area (Å²) in [4.78, 5) is 11.7. The van der Waals surface area contributed by atoms with Crippen LogP contribution in [0.5, 0.6) is 0 Å². The summed E-state index contributed by atoms with van der Waals surface area (Å²) in [5, 5.41) is 0. The molecule has 0 atom stereocenters. The van der Waals surface area contributed by atoms with E-state index in [4.69, 9.17) is 0 Å². The molecule has 0 unspecified atom stereocenters. The van der Waals surface area contributed by atoms with Crippen molar-refractivity contribution in [3.8, 4) is 0 Å². The average molecular weight is 685 g/mol. The highest BCUT2D eigenvalue weighted by molar-refractivity contribution is 5.60. The van der Waals surface area contributed by atoms with Crippen molar-refractivity contribution in [2.45, 2.75) is 167 Å². The predicted octanol–water partition coefficient (Wildman–Crippen LogP) is 10.6. The van der Waals surface area contributed by atoms with E-state index in [0.29, 0.717) is 0 Å². The summed E-state index contributed by atoms with van der Waals surface area (Å²) >= 11 is 0. The lowest BCUT2D eigenvalue weighted by Crippen LogP contribution is -2.31. The van der Waals surface area contributed by atoms with E-state index in [9.17, 15) is 0 Å². The molecule has 6 rings (SSSR count). The van der Waals surface area contributed by atoms with Gasteiger partial charge in [-0.3, -0.25) is 0 Å². The van der Waals surface area contributed by atoms with Crippen LogP contribution in [0.25, 0.3) is 0 Å². The normalized spacial score (nSPS) is 32.6. The van der Waals surface area contributed by atoms with E-state index in [1.807, 2.05) is 44.6 Å². The van der Waals surface area contributed by atoms with Gasteiger partial charge in [0.2, 0.25) is 0 Å². The molecule has 0 aromatic carbocycles. The first kappa shape index (κ1) is 37.1. The lowest BCUT2D eigenvalue weighted by molar-refractivity contribution is 0.255. The fraction of sp³-hybridized carbons (Fsp3) is 0.826. The minimum atomic E-state index is 1.32. The second-order valence-corrected chi connectivity index (χ2v) is 17.6. The monoisotopic (exact) mass is 685 g/mol. The van der Waals surface area contributed by atoms with Crippen molar-refractivity contribution in [3.05, 3.63) is 44.6 Å². The molecular formula is C46H76N4. The van der Waals surface area contributed by atoms with Crippen LogP contribution in [0.1, 0.15) is 167 Å². The highest BCUT2D eigenvalue weighted by atomic mass is 15.1. The molecule has 0 aromatic heterocycles. The standard InChI is InChI=1S/C46H76N4/c1-3-7-27-47-31-11-19-39-41-21-13-33-48(28-8-4-1)34-14-22-42-40(20-12-32-47)44-24-16-36-49-29-9-5-2-6-10-30-50(38-18-26-46(42)44)37-17-25-45(41)43(39)23-15-35-49/h1-38H2. The summed E-state index contributed by atoms with van der Waals surface area (Å²) < 4.78 is 0. The third-order valence-corrected chi connectivity index (χ3v) is 14.0. The highest BCUT2D eigenvalue weighted by Crippen LogP contribution is 2.47. The van der Waals surface area contributed by atoms with E-state index in [2.05, 4.69) is 19.6 Å². The molecule has 0 saturated carbocycles. The first-order valence-electron chi connectivity index (χ1n) is 22.6. The zero-order chi connectivity index (χ0) is 33.8. The van der Waals surface area contributed by atoms with Gasteiger partial charge in [0.1, 0.15) is 0 Å². The molecule has 4 aliphatic heterocycles. The van der Waals surface area contributed by atoms with Crippen LogP contribution in [0.4, 0.5) is 0 Å². The summed E-state index contributed by atoms with van der Waals surface area (Å²) in [6, 6.07) is 0. The number of allylic oxidation sites excluding steroid dienone is 8. The molecule has 4 nitrogen and oxygen atoms in total. The Morgan fingerprint density at radius 1 is 0.160 bits per heavy atom. The van der Waals surface area contributed by atoms with Crippen molar-refractivity contribution in [3.63, 3.8) is 0 Å². The molecule has 4 heteroatoms. The average Bonchev–Trinajstić information content (AvgIpc) is 3.11. The Balaban J connectivity index is 1.27. The van der Waals surface area contributed by atoms with Gasteiger partial charge in [-0.1, -0.05) is 38.5 Å². The van der Waals surface area contributed by atoms with Gasteiger partial charge in [0.25, 0.3) is 0 Å². The summed E-state index contributed by atoms with van der Waals surface area (Å²) in [6.45, 7) is 15.8. The fourth-order valence-corrected chi connectivity index (χ4v) is 11.3. The van der Waals surface area contributed by atoms with Crippen molar-refractivity contribution in [1.82, 2.24) is 19.6 Å². The molecule has 4 heterocycles. The van der Waals surface area contributed by atoms with Crippen molar-refractivity contribution >= 4 is 0 Å². The lowest BCUT2D eigenvalue weighted by Gasteiger charge is -2.37. The Bertz CT molecular complexity index is 940. The van der Waals surface area contributed by atoms with Gasteiger partial charge in [-0.2, -0.15) is 0 Å². The van der Waals surface area contributed by atoms with E-state index in [0.717, 1.165) is 0 Å². The van der Waals surface area contributed by atoms with Crippen LogP contribution >= 0.6 is 0 Å². The first-order chi connectivity index (χ1) is 24.8. The number of nitrogens with zero attached hydrogens (tertiary/aromatic N) is 4. The number of rotatable bonds is 0. The second kappa shape index (κ2) is 19.8. The van der Waals surface area contributed by atoms with Gasteiger partial charge in [0.15, 0.2) is 0 Å². The summed E-state index contributed by atoms with van der Waals surface area (Å²) in [5.74, 6) is 0. The Morgan fingerprint density at radius 2 is 0.300 bits per heavy atom. The Hall–Kier alpha value is -1.20. The molecule has 0 spiro atoms. The topological polar surface area (TPSA) is 13.0 Å². The van der Waals surface area contributed by atoms with E-state index in [1.54, 1.807) is 0 Å². The summed E-state index contributed by atoms with van der Waals surface area (Å²) in [6.07, 6.45) is 35.9. The zero-order valence-corrected chi connectivity index (χ0v) is 32.7. The Morgan fingerprint density at radius 3 is 0.480 bits per heavy atom. The molecule has 0 amide bonds. The van der Waals surface area contributed by atoms with E-state index in [1.165, 1.54) is 245 Å². The van der Waals surface area contributed by atoms with Gasteiger partial charge in [0.05, 0.1) is 0 Å². The second-order valence-electron chi connectivity index (χ2n) is 17.6. The van der Waals surface area contributed by atoms with Crippen LogP contribution < -0.4 is 0 Å². The van der Waals surface area contributed by atoms with Gasteiger partial charge < -0.3 is 19.6 Å². The van der Waals surface area contributed by atoms with Gasteiger partial charge in [-0.05, 0) is 252 Å². The Kier molecular flexibility index (Phi) is 14.7. The smallest absolute Gasteiger partial charge is 0.00156 e. The minimum Gasteiger partial charge on any atom is -0.303 e. The number of hydrogen-bond donors (Lipinski definition) is 0. The largest absolute Gasteiger partial charge is 0.303 e. The van der Waals surface area contributed by atoms with Crippen LogP contribution in [0, 0.1) is 0 Å². The molecule has 0 fully saturated rings. The van der Waals surface area contributed by atoms with Gasteiger partial charge in [-0.25, -0.2) is 0 Å². The third kappa shape index (κ3) is 10.1. The maximum absolute atomic E-state index is 2.92. The molecule has 280 valence electrons. The number of fused-ring (bicyclic) bond motifs is 20. The van der Waals surface area contributed by atoms with Crippen LogP contribution in [0.2, 0.25) is 0 Å². The first-order valence-corrected chi connectivity index (χ1v) is 22.6. The van der Waals surface area contributed by atoms with Crippen molar-refractivity contribution in [2.24, 2.45) is 0 Å². The van der Waals surface area contributed by atoms with E-state index >= 15 is 0 Å². The SMILES string of the molecule is C1CCCN2CCCC3=C4CCCN(CCC1)CCCC1=C(CCC2)C2=C1CCCN1CCCCCCCN(CCCC3=C4CCC1)CCC2. The molecule has 2 aliphatic carbocycles. The molecular weight excluding hydrogens is 609 g/mol. The van der Waals surface area contributed by atoms with Gasteiger partial charge >= 0.3 is 0 Å². The third-order valence-electron chi connectivity index (χ3n) is 14.0. The minimum absolute atomic E-state index is 1.32. The van der Waals surface area contributed by atoms with Crippen LogP contribution in [0.3, 0.4) is 0 Å². The molecule has 4 bridgehead atoms. The van der Waals surface area contributed by atoms with Crippen molar-refractivity contribution < 1.29 is 0 Å². The zero-order valence-electron chi connectivity index (χ0n) is 32.7. The lowest BCUT2D eigenvalue weighted by atomic mass is 9.72. The predicted molar refractivity (Wildman–Crippen MR) is 214 cm³/mol. The molecule has 6 aliphatic rings. The maximum atomic E-state index is 2.92. The van der Waals surface area contributed by atoms with Crippen LogP contribution in [-0.4, -0.2) is 98.1 Å². The summed E-state index contributed by atoms with van der Waals surface area (Å²) in [5.41, 5.74) is 14.9. The van der Waals surface area contributed by atoms with Crippen LogP contribution in [-0.2, 0) is 0 Å². The van der Waals surface area contributed by atoms with Crippen molar-refractivity contribution in [2.75, 3.05) is 78.5 Å². The summed E-state index contributed by atoms with van der Waals surface area (Å²) in [7, 11) is 0. The fourth-order valence-electron chi connectivity index (χ4n) is 11.3. The quantitative estimate of drug-likeness (QED) is 0.252. The van der Waals surface area contributed by atoms with E-state index in [-0.39, 0.29) is 0 Å². The van der Waals surface area contributed by atoms with E-state index < -0.39 is 0 Å². The number of hydrogen-bond acceptors (Lipinski definition) is 4. The molecule has 0 saturated heterocycles. The van der Waals surface area contributed by atoms with Gasteiger partial charge in [-0.15, -0.1) is 0 Å². The highest BCUT2D eigenvalue weighted by Gasteiger charge is 2.31. The molecule has 0 aromatic rings. The molecule has 0 N–H and O–H groups in total. The van der Waals surface area contributed by atoms with Crippen molar-refractivity contribution in [1.29, 1.82) is 0 Å². The Labute approximate surface area is 308 Å². The molecule has 50 heavy (non-hydrogen) atoms. The maximum Gasteiger partial charge on any atom is -0.00156 e. The molecule has 0 radical (unpaired) electrons. The van der Waals surface area contributed by atoms with Gasteiger partial charge in [0, 0.05) is 0 Å². The van der Waals surface area contributed by atoms with Crippen LogP contribution in [0.15, 0.2) is 44.6 Å².